The number of carbonyl (C=O) groups excluding carboxylic acids is 2. The van der Waals surface area contributed by atoms with Gasteiger partial charge in [0.25, 0.3) is 0 Å². The topological polar surface area (TPSA) is 93.6 Å². The van der Waals surface area contributed by atoms with E-state index in [1.165, 1.54) is 30.3 Å². The van der Waals surface area contributed by atoms with Crippen LogP contribution in [-0.4, -0.2) is 27.6 Å². The molecule has 1 aliphatic carbocycles. The highest BCUT2D eigenvalue weighted by atomic mass is 19.1. The summed E-state index contributed by atoms with van der Waals surface area (Å²) in [6.07, 6.45) is 8.22. The number of ketones is 2. The van der Waals surface area contributed by atoms with Crippen molar-refractivity contribution in [3.63, 3.8) is 0 Å². The predicted octanol–water partition coefficient (Wildman–Crippen LogP) is 6.90. The maximum absolute atomic E-state index is 13.0. The van der Waals surface area contributed by atoms with E-state index in [2.05, 4.69) is 4.98 Å². The second kappa shape index (κ2) is 11.6. The van der Waals surface area contributed by atoms with Crippen molar-refractivity contribution in [2.75, 3.05) is 0 Å². The number of carbonyl (C=O) groups is 3. The molecule has 40 heavy (non-hydrogen) atoms. The number of fused-ring (bicyclic) bond motifs is 1. The van der Waals surface area contributed by atoms with Crippen molar-refractivity contribution < 1.29 is 28.6 Å². The first-order chi connectivity index (χ1) is 19.3. The number of allylic oxidation sites excluding steroid dienone is 2. The molecule has 1 heterocycles. The number of aryl methyl sites for hydroxylation is 1. The van der Waals surface area contributed by atoms with Gasteiger partial charge in [0.15, 0.2) is 5.78 Å². The first kappa shape index (κ1) is 26.9. The van der Waals surface area contributed by atoms with E-state index < -0.39 is 11.4 Å². The molecule has 6 nitrogen and oxygen atoms in total. The molecule has 0 atom stereocenters. The van der Waals surface area contributed by atoms with Crippen molar-refractivity contribution >= 4 is 28.4 Å². The highest BCUT2D eigenvalue weighted by molar-refractivity contribution is 6.14. The molecule has 1 saturated carbocycles. The highest BCUT2D eigenvalue weighted by Crippen LogP contribution is 2.48. The van der Waals surface area contributed by atoms with Gasteiger partial charge in [0.1, 0.15) is 23.1 Å². The highest BCUT2D eigenvalue weighted by Gasteiger charge is 2.53. The Morgan fingerprint density at radius 1 is 0.950 bits per heavy atom. The molecule has 0 spiro atoms. The maximum Gasteiger partial charge on any atom is 0.335 e. The number of aromatic carboxylic acids is 1. The lowest BCUT2D eigenvalue weighted by molar-refractivity contribution is -0.132. The van der Waals surface area contributed by atoms with Gasteiger partial charge in [-0.1, -0.05) is 30.3 Å². The SMILES string of the molecule is O=C(O)c1ccc2c(Oc3ccc(CCCC(=O)C4(C(=O)/C=C/Cc5ccc(F)cc5)CC4)cc3)ccnc2c1. The zero-order chi connectivity index (χ0) is 28.1. The lowest BCUT2D eigenvalue weighted by Crippen LogP contribution is -2.24. The molecule has 0 saturated heterocycles. The number of aromatic nitrogens is 1. The first-order valence-electron chi connectivity index (χ1n) is 13.2. The summed E-state index contributed by atoms with van der Waals surface area (Å²) < 4.78 is 19.1. The maximum atomic E-state index is 13.0. The number of nitrogens with zero attached hydrogens (tertiary/aromatic N) is 1. The van der Waals surface area contributed by atoms with E-state index in [9.17, 15) is 23.9 Å². The van der Waals surface area contributed by atoms with Crippen LogP contribution in [0.5, 0.6) is 11.5 Å². The Bertz CT molecular complexity index is 1590. The zero-order valence-corrected chi connectivity index (χ0v) is 21.8. The number of halogens is 1. The molecule has 202 valence electrons. The monoisotopic (exact) mass is 537 g/mol. The molecule has 1 aliphatic rings. The Morgan fingerprint density at radius 2 is 1.68 bits per heavy atom. The Kier molecular flexibility index (Phi) is 7.82. The van der Waals surface area contributed by atoms with Crippen LogP contribution in [0.4, 0.5) is 4.39 Å². The van der Waals surface area contributed by atoms with Crippen LogP contribution in [0.2, 0.25) is 0 Å². The first-order valence-corrected chi connectivity index (χ1v) is 13.2. The molecule has 7 heteroatoms. The van der Waals surface area contributed by atoms with Gasteiger partial charge in [0.2, 0.25) is 0 Å². The summed E-state index contributed by atoms with van der Waals surface area (Å²) in [6.45, 7) is 0. The zero-order valence-electron chi connectivity index (χ0n) is 21.8. The minimum atomic E-state index is -1.01. The van der Waals surface area contributed by atoms with E-state index in [-0.39, 0.29) is 22.9 Å². The van der Waals surface area contributed by atoms with Gasteiger partial charge in [-0.2, -0.15) is 0 Å². The number of pyridine rings is 1. The van der Waals surface area contributed by atoms with Gasteiger partial charge in [-0.3, -0.25) is 14.6 Å². The molecule has 0 unspecified atom stereocenters. The third kappa shape index (κ3) is 6.15. The van der Waals surface area contributed by atoms with E-state index >= 15 is 0 Å². The van der Waals surface area contributed by atoms with E-state index in [0.717, 1.165) is 11.1 Å². The van der Waals surface area contributed by atoms with Gasteiger partial charge in [0, 0.05) is 18.0 Å². The van der Waals surface area contributed by atoms with Crippen molar-refractivity contribution in [1.82, 2.24) is 4.98 Å². The molecule has 0 radical (unpaired) electrons. The minimum absolute atomic E-state index is 0.000457. The molecule has 1 fully saturated rings. The molecule has 5 rings (SSSR count). The largest absolute Gasteiger partial charge is 0.478 e. The predicted molar refractivity (Wildman–Crippen MR) is 149 cm³/mol. The van der Waals surface area contributed by atoms with Crippen LogP contribution in [0.3, 0.4) is 0 Å². The molecule has 1 N–H and O–H groups in total. The molecule has 0 bridgehead atoms. The Hall–Kier alpha value is -4.65. The number of carboxylic acids is 1. The van der Waals surface area contributed by atoms with Crippen LogP contribution in [0.25, 0.3) is 10.9 Å². The van der Waals surface area contributed by atoms with Crippen LogP contribution in [0, 0.1) is 11.2 Å². The summed E-state index contributed by atoms with van der Waals surface area (Å²) >= 11 is 0. The number of hydrogen-bond acceptors (Lipinski definition) is 5. The van der Waals surface area contributed by atoms with Crippen LogP contribution in [0.15, 0.2) is 91.1 Å². The fraction of sp³-hybridized carbons (Fsp3) is 0.212. The van der Waals surface area contributed by atoms with Crippen LogP contribution in [0.1, 0.15) is 47.2 Å². The second-order valence-electron chi connectivity index (χ2n) is 10.0. The van der Waals surface area contributed by atoms with Gasteiger partial charge in [-0.25, -0.2) is 9.18 Å². The molecule has 1 aromatic heterocycles. The average Bonchev–Trinajstić information content (AvgIpc) is 3.77. The number of Topliss-reactive ketones (excluding diaryl/α,β-unsaturated/α-hetero) is 1. The number of rotatable bonds is 12. The Morgan fingerprint density at radius 3 is 2.38 bits per heavy atom. The fourth-order valence-corrected chi connectivity index (χ4v) is 4.76. The van der Waals surface area contributed by atoms with E-state index in [1.54, 1.807) is 36.5 Å². The summed E-state index contributed by atoms with van der Waals surface area (Å²) in [5.74, 6) is -0.241. The molecule has 3 aromatic carbocycles. The standard InChI is InChI=1S/C33H28FNO5/c34-25-12-7-22(8-13-25)3-1-5-30(36)33(18-19-33)31(37)6-2-4-23-9-14-26(15-10-23)40-29-17-20-35-28-21-24(32(38)39)11-16-27(28)29/h1,5,7-17,20-21H,2-4,6,18-19H2,(H,38,39)/b5-1+. The number of hydrogen-bond donors (Lipinski definition) is 1. The van der Waals surface area contributed by atoms with E-state index in [4.69, 9.17) is 4.74 Å². The Balaban J connectivity index is 1.12. The summed E-state index contributed by atoms with van der Waals surface area (Å²) in [7, 11) is 0. The third-order valence-electron chi connectivity index (χ3n) is 7.26. The minimum Gasteiger partial charge on any atom is -0.478 e. The lowest BCUT2D eigenvalue weighted by atomic mass is 9.91. The molecule has 0 aliphatic heterocycles. The van der Waals surface area contributed by atoms with Gasteiger partial charge >= 0.3 is 5.97 Å². The van der Waals surface area contributed by atoms with Gasteiger partial charge in [-0.05, 0) is 97.8 Å². The van der Waals surface area contributed by atoms with E-state index in [0.29, 0.717) is 60.9 Å². The van der Waals surface area contributed by atoms with E-state index in [1.807, 2.05) is 24.3 Å². The van der Waals surface area contributed by atoms with Crippen LogP contribution >= 0.6 is 0 Å². The number of ether oxygens (including phenoxy) is 1. The average molecular weight is 538 g/mol. The van der Waals surface area contributed by atoms with Crippen molar-refractivity contribution in [2.24, 2.45) is 5.41 Å². The molecule has 0 amide bonds. The lowest BCUT2D eigenvalue weighted by Gasteiger charge is -2.11. The van der Waals surface area contributed by atoms with Gasteiger partial charge in [-0.15, -0.1) is 0 Å². The van der Waals surface area contributed by atoms with Gasteiger partial charge < -0.3 is 9.84 Å². The quantitative estimate of drug-likeness (QED) is 0.156. The number of carboxylic acid groups (broad SMARTS) is 1. The second-order valence-corrected chi connectivity index (χ2v) is 10.0. The third-order valence-corrected chi connectivity index (χ3v) is 7.26. The molecular formula is C33H28FNO5. The fourth-order valence-electron chi connectivity index (χ4n) is 4.76. The summed E-state index contributed by atoms with van der Waals surface area (Å²) in [5.41, 5.74) is 1.79. The van der Waals surface area contributed by atoms with Crippen LogP contribution in [-0.2, 0) is 22.4 Å². The normalized spacial score (nSPS) is 13.8. The molecule has 4 aromatic rings. The molecular weight excluding hydrogens is 509 g/mol. The van der Waals surface area contributed by atoms with Gasteiger partial charge in [0.05, 0.1) is 16.5 Å². The van der Waals surface area contributed by atoms with Crippen molar-refractivity contribution in [3.8, 4) is 11.5 Å². The summed E-state index contributed by atoms with van der Waals surface area (Å²) in [4.78, 5) is 41.1. The van der Waals surface area contributed by atoms with Crippen LogP contribution < -0.4 is 4.74 Å². The van der Waals surface area contributed by atoms with Crippen molar-refractivity contribution in [2.45, 2.75) is 38.5 Å². The summed E-state index contributed by atoms with van der Waals surface area (Å²) in [5, 5.41) is 9.92. The van der Waals surface area contributed by atoms with Crippen molar-refractivity contribution in [1.29, 1.82) is 0 Å². The summed E-state index contributed by atoms with van der Waals surface area (Å²) in [6, 6.07) is 20.2. The Labute approximate surface area is 231 Å². The van der Waals surface area contributed by atoms with Crippen molar-refractivity contribution in [3.05, 3.63) is 114 Å². The smallest absolute Gasteiger partial charge is 0.335 e. The number of benzene rings is 3.